The molecular weight excluding hydrogens is 192 g/mol. The first kappa shape index (κ1) is 12.0. The van der Waals surface area contributed by atoms with Gasteiger partial charge in [0.15, 0.2) is 0 Å². The second kappa shape index (κ2) is 4.63. The monoisotopic (exact) mass is 210 g/mol. The van der Waals surface area contributed by atoms with Crippen molar-refractivity contribution in [2.75, 3.05) is 13.2 Å². The molecule has 0 saturated carbocycles. The highest BCUT2D eigenvalue weighted by atomic mass is 16.5. The maximum absolute atomic E-state index is 12.1. The van der Waals surface area contributed by atoms with Crippen LogP contribution in [0.2, 0.25) is 0 Å². The van der Waals surface area contributed by atoms with Crippen LogP contribution in [0.25, 0.3) is 0 Å². The Hall–Kier alpha value is -1.08. The molecule has 1 amide bonds. The van der Waals surface area contributed by atoms with Crippen LogP contribution < -0.4 is 0 Å². The molecule has 0 aliphatic carbocycles. The van der Waals surface area contributed by atoms with Gasteiger partial charge in [-0.25, -0.2) is 0 Å². The summed E-state index contributed by atoms with van der Waals surface area (Å²) in [5, 5.41) is 8.68. The Bertz CT molecular complexity index is 275. The largest absolute Gasteiger partial charge is 0.365 e. The summed E-state index contributed by atoms with van der Waals surface area (Å²) in [4.78, 5) is 13.7. The van der Waals surface area contributed by atoms with Crippen LogP contribution in [0.5, 0.6) is 0 Å². The van der Waals surface area contributed by atoms with Crippen molar-refractivity contribution < 1.29 is 9.53 Å². The van der Waals surface area contributed by atoms with E-state index in [4.69, 9.17) is 10.00 Å². The van der Waals surface area contributed by atoms with Crippen LogP contribution in [0.4, 0.5) is 0 Å². The van der Waals surface area contributed by atoms with Crippen LogP contribution in [0.1, 0.15) is 33.6 Å². The number of carbonyl (C=O) groups is 1. The molecule has 0 radical (unpaired) electrons. The van der Waals surface area contributed by atoms with E-state index in [0.29, 0.717) is 6.61 Å². The van der Waals surface area contributed by atoms with Crippen LogP contribution in [0, 0.1) is 11.3 Å². The lowest BCUT2D eigenvalue weighted by atomic mass is 10.0. The second-order valence-corrected chi connectivity index (χ2v) is 4.37. The molecule has 1 aliphatic rings. The first-order valence-corrected chi connectivity index (χ1v) is 5.33. The summed E-state index contributed by atoms with van der Waals surface area (Å²) in [6, 6.07) is 2.06. The standard InChI is InChI=1S/C11H18N2O2/c1-9(2)13(7-6-12)10(14)11(3)5-4-8-15-11/h9H,4-5,7-8H2,1-3H3. The molecule has 4 heteroatoms. The highest BCUT2D eigenvalue weighted by molar-refractivity contribution is 5.85. The minimum atomic E-state index is -0.707. The number of amides is 1. The van der Waals surface area contributed by atoms with Crippen molar-refractivity contribution >= 4 is 5.91 Å². The summed E-state index contributed by atoms with van der Waals surface area (Å²) >= 11 is 0. The number of carbonyl (C=O) groups excluding carboxylic acids is 1. The lowest BCUT2D eigenvalue weighted by Gasteiger charge is -2.32. The summed E-state index contributed by atoms with van der Waals surface area (Å²) in [7, 11) is 0. The fraction of sp³-hybridized carbons (Fsp3) is 0.818. The molecule has 1 fully saturated rings. The molecule has 1 atom stereocenters. The molecule has 1 rings (SSSR count). The van der Waals surface area contributed by atoms with Gasteiger partial charge in [0.05, 0.1) is 6.07 Å². The average molecular weight is 210 g/mol. The van der Waals surface area contributed by atoms with Crippen LogP contribution in [-0.2, 0) is 9.53 Å². The number of hydrogen-bond donors (Lipinski definition) is 0. The van der Waals surface area contributed by atoms with Gasteiger partial charge in [0, 0.05) is 12.6 Å². The first-order valence-electron chi connectivity index (χ1n) is 5.33. The number of nitriles is 1. The van der Waals surface area contributed by atoms with Crippen molar-refractivity contribution in [3.05, 3.63) is 0 Å². The van der Waals surface area contributed by atoms with Gasteiger partial charge in [-0.1, -0.05) is 0 Å². The summed E-state index contributed by atoms with van der Waals surface area (Å²) in [6.07, 6.45) is 1.67. The van der Waals surface area contributed by atoms with Gasteiger partial charge in [-0.05, 0) is 33.6 Å². The molecular formula is C11H18N2O2. The van der Waals surface area contributed by atoms with E-state index in [0.717, 1.165) is 12.8 Å². The maximum atomic E-state index is 12.1. The Morgan fingerprint density at radius 3 is 2.73 bits per heavy atom. The summed E-state index contributed by atoms with van der Waals surface area (Å²) in [6.45, 7) is 6.41. The lowest BCUT2D eigenvalue weighted by Crippen LogP contribution is -2.49. The number of hydrogen-bond acceptors (Lipinski definition) is 3. The van der Waals surface area contributed by atoms with Gasteiger partial charge in [-0.3, -0.25) is 4.79 Å². The summed E-state index contributed by atoms with van der Waals surface area (Å²) < 4.78 is 5.48. The molecule has 1 saturated heterocycles. The predicted molar refractivity (Wildman–Crippen MR) is 56.1 cm³/mol. The van der Waals surface area contributed by atoms with E-state index in [1.165, 1.54) is 0 Å². The molecule has 0 spiro atoms. The normalized spacial score (nSPS) is 25.3. The van der Waals surface area contributed by atoms with Crippen molar-refractivity contribution in [3.8, 4) is 6.07 Å². The molecule has 84 valence electrons. The van der Waals surface area contributed by atoms with E-state index < -0.39 is 5.60 Å². The minimum absolute atomic E-state index is 0.0400. The van der Waals surface area contributed by atoms with Crippen molar-refractivity contribution in [3.63, 3.8) is 0 Å². The number of rotatable bonds is 3. The van der Waals surface area contributed by atoms with Crippen LogP contribution >= 0.6 is 0 Å². The van der Waals surface area contributed by atoms with E-state index in [1.807, 2.05) is 26.8 Å². The molecule has 0 aromatic carbocycles. The van der Waals surface area contributed by atoms with Gasteiger partial charge >= 0.3 is 0 Å². The molecule has 1 unspecified atom stereocenters. The molecule has 1 aliphatic heterocycles. The van der Waals surface area contributed by atoms with Gasteiger partial charge < -0.3 is 9.64 Å². The second-order valence-electron chi connectivity index (χ2n) is 4.37. The first-order chi connectivity index (χ1) is 7.01. The molecule has 0 N–H and O–H groups in total. The predicted octanol–water partition coefficient (Wildman–Crippen LogP) is 1.32. The third kappa shape index (κ3) is 2.48. The quantitative estimate of drug-likeness (QED) is 0.660. The van der Waals surface area contributed by atoms with E-state index in [1.54, 1.807) is 4.90 Å². The van der Waals surface area contributed by atoms with Crippen LogP contribution in [-0.4, -0.2) is 35.6 Å². The van der Waals surface area contributed by atoms with Crippen molar-refractivity contribution in [2.24, 2.45) is 0 Å². The Morgan fingerprint density at radius 1 is 1.67 bits per heavy atom. The van der Waals surface area contributed by atoms with Gasteiger partial charge in [-0.15, -0.1) is 0 Å². The smallest absolute Gasteiger partial charge is 0.255 e. The zero-order valence-corrected chi connectivity index (χ0v) is 9.62. The molecule has 15 heavy (non-hydrogen) atoms. The third-order valence-electron chi connectivity index (χ3n) is 2.80. The van der Waals surface area contributed by atoms with Crippen molar-refractivity contribution in [1.29, 1.82) is 5.26 Å². The number of ether oxygens (including phenoxy) is 1. The van der Waals surface area contributed by atoms with E-state index in [2.05, 4.69) is 0 Å². The van der Waals surface area contributed by atoms with Crippen molar-refractivity contribution in [1.82, 2.24) is 4.90 Å². The Balaban J connectivity index is 2.76. The molecule has 4 nitrogen and oxygen atoms in total. The van der Waals surface area contributed by atoms with Gasteiger partial charge in [0.2, 0.25) is 0 Å². The fourth-order valence-corrected chi connectivity index (χ4v) is 1.82. The van der Waals surface area contributed by atoms with Crippen LogP contribution in [0.3, 0.4) is 0 Å². The van der Waals surface area contributed by atoms with Gasteiger partial charge in [0.25, 0.3) is 5.91 Å². The zero-order chi connectivity index (χ0) is 11.5. The molecule has 0 aromatic rings. The van der Waals surface area contributed by atoms with E-state index in [9.17, 15) is 4.79 Å². The molecule has 0 aromatic heterocycles. The topological polar surface area (TPSA) is 53.3 Å². The average Bonchev–Trinajstić information content (AvgIpc) is 2.61. The maximum Gasteiger partial charge on any atom is 0.255 e. The zero-order valence-electron chi connectivity index (χ0n) is 9.62. The fourth-order valence-electron chi connectivity index (χ4n) is 1.82. The van der Waals surface area contributed by atoms with Crippen LogP contribution in [0.15, 0.2) is 0 Å². The van der Waals surface area contributed by atoms with Crippen molar-refractivity contribution in [2.45, 2.75) is 45.3 Å². The van der Waals surface area contributed by atoms with Gasteiger partial charge in [-0.2, -0.15) is 5.26 Å². The Labute approximate surface area is 90.8 Å². The molecule has 0 bridgehead atoms. The highest BCUT2D eigenvalue weighted by Crippen LogP contribution is 2.27. The minimum Gasteiger partial charge on any atom is -0.365 e. The van der Waals surface area contributed by atoms with E-state index >= 15 is 0 Å². The molecule has 1 heterocycles. The SMILES string of the molecule is CC(C)N(CC#N)C(=O)C1(C)CCCO1. The summed E-state index contributed by atoms with van der Waals surface area (Å²) in [5.74, 6) is -0.0587. The highest BCUT2D eigenvalue weighted by Gasteiger charge is 2.41. The van der Waals surface area contributed by atoms with Gasteiger partial charge in [0.1, 0.15) is 12.1 Å². The Kier molecular flexibility index (Phi) is 3.70. The number of nitrogens with zero attached hydrogens (tertiary/aromatic N) is 2. The van der Waals surface area contributed by atoms with E-state index in [-0.39, 0.29) is 18.5 Å². The Morgan fingerprint density at radius 2 is 2.33 bits per heavy atom. The lowest BCUT2D eigenvalue weighted by molar-refractivity contribution is -0.152. The third-order valence-corrected chi connectivity index (χ3v) is 2.80. The summed E-state index contributed by atoms with van der Waals surface area (Å²) in [5.41, 5.74) is -0.707.